The summed E-state index contributed by atoms with van der Waals surface area (Å²) in [5.41, 5.74) is 12.7. The van der Waals surface area contributed by atoms with Crippen LogP contribution in [-0.4, -0.2) is 12.6 Å². The number of carbonyl (C=O) groups is 1. The Kier molecular flexibility index (Phi) is 12.4. The zero-order chi connectivity index (χ0) is 19.0. The van der Waals surface area contributed by atoms with Crippen LogP contribution in [0.25, 0.3) is 0 Å². The minimum Gasteiger partial charge on any atom is -0.462 e. The first kappa shape index (κ1) is 22.3. The number of esters is 1. The minimum absolute atomic E-state index is 0.360. The van der Waals surface area contributed by atoms with Crippen LogP contribution in [-0.2, 0) is 4.74 Å². The number of benzene rings is 1. The van der Waals surface area contributed by atoms with Gasteiger partial charge in [0.1, 0.15) is 0 Å². The summed E-state index contributed by atoms with van der Waals surface area (Å²) >= 11 is 0. The molecule has 0 atom stereocenters. The van der Waals surface area contributed by atoms with E-state index in [-0.39, 0.29) is 5.97 Å². The van der Waals surface area contributed by atoms with E-state index < -0.39 is 0 Å². The van der Waals surface area contributed by atoms with Crippen molar-refractivity contribution in [1.29, 1.82) is 0 Å². The first-order valence-corrected chi connectivity index (χ1v) is 10.5. The van der Waals surface area contributed by atoms with E-state index in [1.165, 1.54) is 70.6 Å². The molecule has 0 saturated heterocycles. The maximum atomic E-state index is 12.0. The van der Waals surface area contributed by atoms with E-state index in [1.807, 2.05) is 0 Å². The second kappa shape index (κ2) is 14.5. The SMILES string of the molecule is CCCCCCCCCCCCCCCOC(=O)c1ccc(N)cc1N. The molecule has 26 heavy (non-hydrogen) atoms. The Hall–Kier alpha value is -1.71. The average molecular weight is 363 g/mol. The van der Waals surface area contributed by atoms with Gasteiger partial charge in [0.05, 0.1) is 12.2 Å². The second-order valence-corrected chi connectivity index (χ2v) is 7.23. The predicted octanol–water partition coefficient (Wildman–Crippen LogP) is 6.10. The van der Waals surface area contributed by atoms with E-state index in [1.54, 1.807) is 18.2 Å². The highest BCUT2D eigenvalue weighted by Crippen LogP contribution is 2.17. The number of unbranched alkanes of at least 4 members (excludes halogenated alkanes) is 12. The molecule has 0 amide bonds. The molecular formula is C22H38N2O2. The molecule has 0 heterocycles. The number of rotatable bonds is 15. The van der Waals surface area contributed by atoms with Crippen LogP contribution in [0, 0.1) is 0 Å². The Morgan fingerprint density at radius 1 is 0.808 bits per heavy atom. The van der Waals surface area contributed by atoms with Crippen molar-refractivity contribution in [3.63, 3.8) is 0 Å². The van der Waals surface area contributed by atoms with Crippen LogP contribution in [0.15, 0.2) is 18.2 Å². The third-order valence-electron chi connectivity index (χ3n) is 4.78. The average Bonchev–Trinajstić information content (AvgIpc) is 2.61. The summed E-state index contributed by atoms with van der Waals surface area (Å²) in [6.07, 6.45) is 16.9. The molecule has 0 saturated carbocycles. The number of nitrogens with two attached hydrogens (primary N) is 2. The normalized spacial score (nSPS) is 10.8. The van der Waals surface area contributed by atoms with Crippen LogP contribution in [0.4, 0.5) is 11.4 Å². The van der Waals surface area contributed by atoms with Crippen molar-refractivity contribution in [1.82, 2.24) is 0 Å². The molecule has 0 aliphatic heterocycles. The zero-order valence-electron chi connectivity index (χ0n) is 16.6. The molecule has 0 radical (unpaired) electrons. The van der Waals surface area contributed by atoms with Gasteiger partial charge in [-0.15, -0.1) is 0 Å². The van der Waals surface area contributed by atoms with E-state index in [0.717, 1.165) is 12.8 Å². The third-order valence-corrected chi connectivity index (χ3v) is 4.78. The van der Waals surface area contributed by atoms with Crippen molar-refractivity contribution in [3.8, 4) is 0 Å². The highest BCUT2D eigenvalue weighted by molar-refractivity contribution is 5.95. The quantitative estimate of drug-likeness (QED) is 0.224. The Labute approximate surface area is 159 Å². The Bertz CT molecular complexity index is 503. The van der Waals surface area contributed by atoms with Gasteiger partial charge in [-0.2, -0.15) is 0 Å². The maximum Gasteiger partial charge on any atom is 0.340 e. The third kappa shape index (κ3) is 10.3. The molecule has 0 spiro atoms. The molecule has 0 aliphatic carbocycles. The van der Waals surface area contributed by atoms with E-state index in [0.29, 0.717) is 23.5 Å². The lowest BCUT2D eigenvalue weighted by atomic mass is 10.0. The van der Waals surface area contributed by atoms with Gasteiger partial charge < -0.3 is 16.2 Å². The monoisotopic (exact) mass is 362 g/mol. The van der Waals surface area contributed by atoms with Crippen LogP contribution in [0.1, 0.15) is 101 Å². The number of nitrogen functional groups attached to an aromatic ring is 2. The fraction of sp³-hybridized carbons (Fsp3) is 0.682. The summed E-state index contributed by atoms with van der Waals surface area (Å²) in [5.74, 6) is -0.360. The lowest BCUT2D eigenvalue weighted by Gasteiger charge is -2.07. The van der Waals surface area contributed by atoms with Crippen LogP contribution in [0.2, 0.25) is 0 Å². The summed E-state index contributed by atoms with van der Waals surface area (Å²) in [7, 11) is 0. The number of ether oxygens (including phenoxy) is 1. The molecule has 0 aliphatic rings. The van der Waals surface area contributed by atoms with Gasteiger partial charge in [0.15, 0.2) is 0 Å². The van der Waals surface area contributed by atoms with Crippen molar-refractivity contribution in [3.05, 3.63) is 23.8 Å². The molecule has 0 aromatic heterocycles. The second-order valence-electron chi connectivity index (χ2n) is 7.23. The summed E-state index contributed by atoms with van der Waals surface area (Å²) in [6, 6.07) is 4.87. The first-order chi connectivity index (χ1) is 12.6. The molecule has 0 fully saturated rings. The number of hydrogen-bond donors (Lipinski definition) is 2. The van der Waals surface area contributed by atoms with Crippen LogP contribution < -0.4 is 11.5 Å². The van der Waals surface area contributed by atoms with Gasteiger partial charge in [-0.25, -0.2) is 4.79 Å². The van der Waals surface area contributed by atoms with Crippen LogP contribution in [0.5, 0.6) is 0 Å². The smallest absolute Gasteiger partial charge is 0.340 e. The standard InChI is InChI=1S/C22H38N2O2/c1-2-3-4-5-6-7-8-9-10-11-12-13-14-17-26-22(25)20-16-15-19(23)18-21(20)24/h15-16,18H,2-14,17,23-24H2,1H3. The molecule has 4 nitrogen and oxygen atoms in total. The molecule has 0 bridgehead atoms. The number of anilines is 2. The van der Waals surface area contributed by atoms with Crippen LogP contribution >= 0.6 is 0 Å². The maximum absolute atomic E-state index is 12.0. The molecule has 1 aromatic carbocycles. The molecule has 4 N–H and O–H groups in total. The van der Waals surface area contributed by atoms with Crippen molar-refractivity contribution in [2.45, 2.75) is 90.4 Å². The summed E-state index contributed by atoms with van der Waals surface area (Å²) in [5, 5.41) is 0. The number of hydrogen-bond acceptors (Lipinski definition) is 4. The lowest BCUT2D eigenvalue weighted by Crippen LogP contribution is -2.09. The van der Waals surface area contributed by atoms with Gasteiger partial charge in [-0.3, -0.25) is 0 Å². The Balaban J connectivity index is 1.91. The molecule has 4 heteroatoms. The van der Waals surface area contributed by atoms with Crippen molar-refractivity contribution in [2.75, 3.05) is 18.1 Å². The van der Waals surface area contributed by atoms with Gasteiger partial charge in [0.2, 0.25) is 0 Å². The van der Waals surface area contributed by atoms with Crippen molar-refractivity contribution >= 4 is 17.3 Å². The predicted molar refractivity (Wildman–Crippen MR) is 111 cm³/mol. The minimum atomic E-state index is -0.360. The summed E-state index contributed by atoms with van der Waals surface area (Å²) in [4.78, 5) is 12.0. The molecule has 0 unspecified atom stereocenters. The molecular weight excluding hydrogens is 324 g/mol. The fourth-order valence-corrected chi connectivity index (χ4v) is 3.13. The summed E-state index contributed by atoms with van der Waals surface area (Å²) in [6.45, 7) is 2.72. The van der Waals surface area contributed by atoms with Gasteiger partial charge in [-0.1, -0.05) is 84.0 Å². The van der Waals surface area contributed by atoms with Crippen molar-refractivity contribution < 1.29 is 9.53 Å². The fourth-order valence-electron chi connectivity index (χ4n) is 3.13. The van der Waals surface area contributed by atoms with Crippen molar-refractivity contribution in [2.24, 2.45) is 0 Å². The molecule has 1 aromatic rings. The van der Waals surface area contributed by atoms with E-state index in [4.69, 9.17) is 16.2 Å². The topological polar surface area (TPSA) is 78.3 Å². The Morgan fingerprint density at radius 3 is 1.81 bits per heavy atom. The Morgan fingerprint density at radius 2 is 1.31 bits per heavy atom. The lowest BCUT2D eigenvalue weighted by molar-refractivity contribution is 0.0499. The van der Waals surface area contributed by atoms with Gasteiger partial charge in [0.25, 0.3) is 0 Å². The highest BCUT2D eigenvalue weighted by atomic mass is 16.5. The van der Waals surface area contributed by atoms with E-state index in [2.05, 4.69) is 6.92 Å². The molecule has 1 rings (SSSR count). The molecule has 148 valence electrons. The first-order valence-electron chi connectivity index (χ1n) is 10.5. The van der Waals surface area contributed by atoms with Gasteiger partial charge in [-0.05, 0) is 24.6 Å². The van der Waals surface area contributed by atoms with E-state index in [9.17, 15) is 4.79 Å². The largest absolute Gasteiger partial charge is 0.462 e. The number of carbonyl (C=O) groups excluding carboxylic acids is 1. The van der Waals surface area contributed by atoms with Gasteiger partial charge >= 0.3 is 5.97 Å². The zero-order valence-corrected chi connectivity index (χ0v) is 16.6. The van der Waals surface area contributed by atoms with Crippen LogP contribution in [0.3, 0.4) is 0 Å². The summed E-state index contributed by atoms with van der Waals surface area (Å²) < 4.78 is 5.29. The van der Waals surface area contributed by atoms with E-state index >= 15 is 0 Å². The van der Waals surface area contributed by atoms with Gasteiger partial charge in [0, 0.05) is 11.4 Å². The highest BCUT2D eigenvalue weighted by Gasteiger charge is 2.10.